The van der Waals surface area contributed by atoms with E-state index in [1.54, 1.807) is 0 Å². The Bertz CT molecular complexity index is 419. The topological polar surface area (TPSA) is 38.2 Å². The molecule has 0 N–H and O–H groups in total. The minimum atomic E-state index is 0.331. The van der Waals surface area contributed by atoms with Crippen molar-refractivity contribution in [2.75, 3.05) is 24.6 Å². The van der Waals surface area contributed by atoms with E-state index < -0.39 is 0 Å². The number of aromatic nitrogens is 2. The molecule has 106 valence electrons. The van der Waals surface area contributed by atoms with Gasteiger partial charge in [-0.3, -0.25) is 0 Å². The largest absolute Gasteiger partial charge is 0.376 e. The molecule has 0 aliphatic carbocycles. The van der Waals surface area contributed by atoms with Crippen LogP contribution in [0.2, 0.25) is 0 Å². The van der Waals surface area contributed by atoms with E-state index in [1.807, 2.05) is 6.07 Å². The fourth-order valence-corrected chi connectivity index (χ4v) is 2.65. The van der Waals surface area contributed by atoms with Gasteiger partial charge in [0.25, 0.3) is 0 Å². The van der Waals surface area contributed by atoms with Gasteiger partial charge in [0.1, 0.15) is 16.2 Å². The molecule has 0 saturated carbocycles. The maximum absolute atomic E-state index is 5.72. The summed E-state index contributed by atoms with van der Waals surface area (Å²) in [5, 5.41) is 0. The fraction of sp³-hybridized carbons (Fsp3) is 0.714. The van der Waals surface area contributed by atoms with Gasteiger partial charge in [-0.05, 0) is 35.7 Å². The Morgan fingerprint density at radius 1 is 1.47 bits per heavy atom. The summed E-state index contributed by atoms with van der Waals surface area (Å²) >= 11 is 3.48. The first-order chi connectivity index (χ1) is 9.10. The van der Waals surface area contributed by atoms with Crippen LogP contribution in [-0.4, -0.2) is 35.8 Å². The first-order valence-electron chi connectivity index (χ1n) is 7.01. The van der Waals surface area contributed by atoms with E-state index in [4.69, 9.17) is 4.74 Å². The molecule has 1 atom stereocenters. The second kappa shape index (κ2) is 6.66. The van der Waals surface area contributed by atoms with E-state index in [0.29, 0.717) is 12.0 Å². The summed E-state index contributed by atoms with van der Waals surface area (Å²) in [5.74, 6) is 2.21. The van der Waals surface area contributed by atoms with Gasteiger partial charge in [-0.25, -0.2) is 9.97 Å². The van der Waals surface area contributed by atoms with E-state index in [0.717, 1.165) is 42.4 Å². The van der Waals surface area contributed by atoms with Gasteiger partial charge in [0.2, 0.25) is 0 Å². The summed E-state index contributed by atoms with van der Waals surface area (Å²) in [6, 6.07) is 1.99. The van der Waals surface area contributed by atoms with Gasteiger partial charge in [-0.1, -0.05) is 13.8 Å². The van der Waals surface area contributed by atoms with Crippen molar-refractivity contribution in [1.29, 1.82) is 0 Å². The van der Waals surface area contributed by atoms with Gasteiger partial charge in [0.05, 0.1) is 6.10 Å². The quantitative estimate of drug-likeness (QED) is 0.777. The Balaban J connectivity index is 2.16. The molecule has 1 saturated heterocycles. The van der Waals surface area contributed by atoms with Crippen molar-refractivity contribution in [2.24, 2.45) is 0 Å². The summed E-state index contributed by atoms with van der Waals surface area (Å²) in [4.78, 5) is 11.4. The summed E-state index contributed by atoms with van der Waals surface area (Å²) in [6.45, 7) is 9.12. The number of anilines is 1. The van der Waals surface area contributed by atoms with Crippen molar-refractivity contribution >= 4 is 21.7 Å². The minimum Gasteiger partial charge on any atom is -0.376 e. The van der Waals surface area contributed by atoms with Crippen LogP contribution in [0.4, 0.5) is 5.82 Å². The number of ether oxygens (including phenoxy) is 1. The maximum Gasteiger partial charge on any atom is 0.134 e. The van der Waals surface area contributed by atoms with Crippen LogP contribution in [0.25, 0.3) is 0 Å². The third kappa shape index (κ3) is 3.89. The zero-order chi connectivity index (χ0) is 13.8. The Morgan fingerprint density at radius 3 is 2.84 bits per heavy atom. The fourth-order valence-electron chi connectivity index (χ4n) is 2.26. The third-order valence-electron chi connectivity index (χ3n) is 3.37. The molecule has 2 rings (SSSR count). The maximum atomic E-state index is 5.72. The second-order valence-electron chi connectivity index (χ2n) is 5.24. The number of hydrogen-bond acceptors (Lipinski definition) is 4. The predicted octanol–water partition coefficient (Wildman–Crippen LogP) is 3.37. The Hall–Kier alpha value is -0.680. The van der Waals surface area contributed by atoms with E-state index >= 15 is 0 Å². The highest BCUT2D eigenvalue weighted by Crippen LogP contribution is 2.22. The molecule has 0 aromatic carbocycles. The molecule has 1 unspecified atom stereocenters. The smallest absolute Gasteiger partial charge is 0.134 e. The SMILES string of the molecule is CCN(CC1CCCO1)c1cc(Br)nc(C(C)C)n1. The summed E-state index contributed by atoms with van der Waals surface area (Å²) in [7, 11) is 0. The molecule has 1 aromatic rings. The Morgan fingerprint density at radius 2 is 2.26 bits per heavy atom. The van der Waals surface area contributed by atoms with Crippen molar-refractivity contribution in [3.63, 3.8) is 0 Å². The van der Waals surface area contributed by atoms with Crippen LogP contribution < -0.4 is 4.90 Å². The highest BCUT2D eigenvalue weighted by Gasteiger charge is 2.20. The van der Waals surface area contributed by atoms with E-state index in [9.17, 15) is 0 Å². The van der Waals surface area contributed by atoms with Crippen molar-refractivity contribution in [2.45, 2.75) is 45.6 Å². The highest BCUT2D eigenvalue weighted by atomic mass is 79.9. The van der Waals surface area contributed by atoms with Crippen molar-refractivity contribution in [3.8, 4) is 0 Å². The molecule has 0 radical (unpaired) electrons. The second-order valence-corrected chi connectivity index (χ2v) is 6.05. The molecule has 1 aliphatic heterocycles. The normalized spacial score (nSPS) is 19.1. The van der Waals surface area contributed by atoms with Crippen LogP contribution in [0.3, 0.4) is 0 Å². The minimum absolute atomic E-state index is 0.331. The number of nitrogens with zero attached hydrogens (tertiary/aromatic N) is 3. The number of halogens is 1. The Labute approximate surface area is 123 Å². The van der Waals surface area contributed by atoms with Gasteiger partial charge >= 0.3 is 0 Å². The Kier molecular flexibility index (Phi) is 5.16. The molecule has 1 aromatic heterocycles. The molecule has 19 heavy (non-hydrogen) atoms. The molecule has 0 bridgehead atoms. The zero-order valence-electron chi connectivity index (χ0n) is 11.9. The van der Waals surface area contributed by atoms with Gasteiger partial charge < -0.3 is 9.64 Å². The highest BCUT2D eigenvalue weighted by molar-refractivity contribution is 9.10. The summed E-state index contributed by atoms with van der Waals surface area (Å²) in [5.41, 5.74) is 0. The van der Waals surface area contributed by atoms with Crippen molar-refractivity contribution in [3.05, 3.63) is 16.5 Å². The summed E-state index contributed by atoms with van der Waals surface area (Å²) < 4.78 is 6.57. The number of likely N-dealkylation sites (N-methyl/N-ethyl adjacent to an activating group) is 1. The van der Waals surface area contributed by atoms with Crippen LogP contribution in [0.15, 0.2) is 10.7 Å². The number of rotatable bonds is 5. The lowest BCUT2D eigenvalue weighted by molar-refractivity contribution is 0.115. The lowest BCUT2D eigenvalue weighted by Crippen LogP contribution is -2.33. The standard InChI is InChI=1S/C14H22BrN3O/c1-4-18(9-11-6-5-7-19-11)13-8-12(15)16-14(17-13)10(2)3/h8,10-11H,4-7,9H2,1-3H3. The van der Waals surface area contributed by atoms with Crippen LogP contribution in [0.1, 0.15) is 45.4 Å². The lowest BCUT2D eigenvalue weighted by atomic mass is 10.2. The molecule has 2 heterocycles. The molecule has 4 nitrogen and oxygen atoms in total. The van der Waals surface area contributed by atoms with Gasteiger partial charge in [0, 0.05) is 31.7 Å². The first kappa shape index (κ1) is 14.7. The van der Waals surface area contributed by atoms with Crippen LogP contribution in [0.5, 0.6) is 0 Å². The van der Waals surface area contributed by atoms with Crippen LogP contribution in [0, 0.1) is 0 Å². The van der Waals surface area contributed by atoms with Gasteiger partial charge in [-0.15, -0.1) is 0 Å². The van der Waals surface area contributed by atoms with E-state index in [1.165, 1.54) is 6.42 Å². The van der Waals surface area contributed by atoms with Crippen molar-refractivity contribution in [1.82, 2.24) is 9.97 Å². The monoisotopic (exact) mass is 327 g/mol. The molecule has 0 amide bonds. The lowest BCUT2D eigenvalue weighted by Gasteiger charge is -2.25. The van der Waals surface area contributed by atoms with Gasteiger partial charge in [-0.2, -0.15) is 0 Å². The third-order valence-corrected chi connectivity index (χ3v) is 3.78. The molecular weight excluding hydrogens is 306 g/mol. The van der Waals surface area contributed by atoms with Crippen molar-refractivity contribution < 1.29 is 4.74 Å². The average Bonchev–Trinajstić information content (AvgIpc) is 2.88. The number of hydrogen-bond donors (Lipinski definition) is 0. The zero-order valence-corrected chi connectivity index (χ0v) is 13.5. The molecule has 1 fully saturated rings. The van der Waals surface area contributed by atoms with E-state index in [2.05, 4.69) is 51.6 Å². The molecular formula is C14H22BrN3O. The van der Waals surface area contributed by atoms with Crippen LogP contribution in [-0.2, 0) is 4.74 Å². The van der Waals surface area contributed by atoms with E-state index in [-0.39, 0.29) is 0 Å². The predicted molar refractivity (Wildman–Crippen MR) is 80.7 cm³/mol. The molecule has 1 aliphatic rings. The van der Waals surface area contributed by atoms with Gasteiger partial charge in [0.15, 0.2) is 0 Å². The summed E-state index contributed by atoms with van der Waals surface area (Å²) in [6.07, 6.45) is 2.67. The molecule has 5 heteroatoms. The average molecular weight is 328 g/mol. The van der Waals surface area contributed by atoms with Crippen LogP contribution >= 0.6 is 15.9 Å². The molecule has 0 spiro atoms. The first-order valence-corrected chi connectivity index (χ1v) is 7.80.